The van der Waals surface area contributed by atoms with E-state index in [1.54, 1.807) is 0 Å². The summed E-state index contributed by atoms with van der Waals surface area (Å²) < 4.78 is 0. The lowest BCUT2D eigenvalue weighted by Crippen LogP contribution is -2.34. The molecular weight excluding hydrogens is 160 g/mol. The molecule has 2 aliphatic rings. The van der Waals surface area contributed by atoms with Crippen molar-refractivity contribution in [2.24, 2.45) is 10.4 Å². The van der Waals surface area contributed by atoms with Crippen molar-refractivity contribution in [1.29, 1.82) is 0 Å². The first-order chi connectivity index (χ1) is 6.17. The molecular formula is C11H18N2. The molecule has 0 aromatic heterocycles. The normalized spacial score (nSPS) is 26.8. The molecule has 0 radical (unpaired) electrons. The first kappa shape index (κ1) is 8.79. The van der Waals surface area contributed by atoms with Crippen molar-refractivity contribution in [3.05, 3.63) is 12.3 Å². The third kappa shape index (κ3) is 1.28. The fourth-order valence-electron chi connectivity index (χ4n) is 2.51. The van der Waals surface area contributed by atoms with Gasteiger partial charge in [-0.05, 0) is 31.6 Å². The van der Waals surface area contributed by atoms with Crippen LogP contribution >= 0.6 is 0 Å². The largest absolute Gasteiger partial charge is 0.334 e. The first-order valence-electron chi connectivity index (χ1n) is 5.06. The summed E-state index contributed by atoms with van der Waals surface area (Å²) >= 11 is 0. The summed E-state index contributed by atoms with van der Waals surface area (Å²) in [5.74, 6) is 1.12. The molecule has 1 spiro atoms. The predicted molar refractivity (Wildman–Crippen MR) is 55.8 cm³/mol. The maximum absolute atomic E-state index is 4.23. The van der Waals surface area contributed by atoms with Gasteiger partial charge in [-0.15, -0.1) is 0 Å². The number of hydrogen-bond acceptors (Lipinski definition) is 1. The van der Waals surface area contributed by atoms with Crippen LogP contribution in [0.2, 0.25) is 0 Å². The highest BCUT2D eigenvalue weighted by Gasteiger charge is 2.44. The van der Waals surface area contributed by atoms with Crippen molar-refractivity contribution >= 4 is 5.84 Å². The molecule has 1 saturated heterocycles. The van der Waals surface area contributed by atoms with Gasteiger partial charge in [-0.3, -0.25) is 4.99 Å². The zero-order valence-electron chi connectivity index (χ0n) is 8.64. The van der Waals surface area contributed by atoms with Gasteiger partial charge in [0.05, 0.1) is 5.84 Å². The van der Waals surface area contributed by atoms with Crippen molar-refractivity contribution in [2.75, 3.05) is 13.6 Å². The van der Waals surface area contributed by atoms with Crippen LogP contribution in [-0.4, -0.2) is 24.3 Å². The van der Waals surface area contributed by atoms with Gasteiger partial charge in [-0.25, -0.2) is 0 Å². The van der Waals surface area contributed by atoms with Crippen molar-refractivity contribution < 1.29 is 0 Å². The Bertz CT molecular complexity index is 261. The minimum atomic E-state index is 0.586. The maximum atomic E-state index is 4.23. The first-order valence-corrected chi connectivity index (χ1v) is 5.06. The van der Waals surface area contributed by atoms with Gasteiger partial charge >= 0.3 is 0 Å². The fourth-order valence-corrected chi connectivity index (χ4v) is 2.51. The summed E-state index contributed by atoms with van der Waals surface area (Å²) in [5.41, 5.74) is 1.85. The minimum absolute atomic E-state index is 0.586. The molecule has 72 valence electrons. The van der Waals surface area contributed by atoms with E-state index < -0.39 is 0 Å². The van der Waals surface area contributed by atoms with Gasteiger partial charge in [-0.1, -0.05) is 13.0 Å². The van der Waals surface area contributed by atoms with E-state index >= 15 is 0 Å². The Kier molecular flexibility index (Phi) is 1.94. The van der Waals surface area contributed by atoms with E-state index in [2.05, 4.69) is 23.4 Å². The highest BCUT2D eigenvalue weighted by molar-refractivity contribution is 5.81. The van der Waals surface area contributed by atoms with Crippen LogP contribution in [-0.2, 0) is 0 Å². The van der Waals surface area contributed by atoms with Gasteiger partial charge in [0.2, 0.25) is 0 Å². The van der Waals surface area contributed by atoms with Crippen LogP contribution < -0.4 is 0 Å². The van der Waals surface area contributed by atoms with Crippen LogP contribution in [0, 0.1) is 5.41 Å². The third-order valence-electron chi connectivity index (χ3n) is 3.58. The second kappa shape index (κ2) is 2.86. The number of aliphatic imine (C=N–C) groups is 1. The Morgan fingerprint density at radius 2 is 2.23 bits per heavy atom. The smallest absolute Gasteiger partial charge is 0.0995 e. The number of amidine groups is 1. The Hall–Kier alpha value is -0.790. The SMILES string of the molecule is C=C1CC2(CCC2)CN1C(C)=NC. The molecule has 0 aromatic carbocycles. The van der Waals surface area contributed by atoms with E-state index in [4.69, 9.17) is 0 Å². The number of rotatable bonds is 0. The Morgan fingerprint density at radius 1 is 1.54 bits per heavy atom. The lowest BCUT2D eigenvalue weighted by atomic mass is 9.68. The molecule has 13 heavy (non-hydrogen) atoms. The highest BCUT2D eigenvalue weighted by Crippen LogP contribution is 2.51. The third-order valence-corrected chi connectivity index (χ3v) is 3.58. The molecule has 0 aromatic rings. The molecule has 2 nitrogen and oxygen atoms in total. The van der Waals surface area contributed by atoms with E-state index in [-0.39, 0.29) is 0 Å². The maximum Gasteiger partial charge on any atom is 0.0995 e. The average Bonchev–Trinajstić information content (AvgIpc) is 2.41. The van der Waals surface area contributed by atoms with Gasteiger partial charge in [0.15, 0.2) is 0 Å². The predicted octanol–water partition coefficient (Wildman–Crippen LogP) is 2.42. The van der Waals surface area contributed by atoms with Crippen LogP contribution in [0.4, 0.5) is 0 Å². The quantitative estimate of drug-likeness (QED) is 0.411. The molecule has 2 fully saturated rings. The molecule has 1 aliphatic heterocycles. The van der Waals surface area contributed by atoms with Crippen molar-refractivity contribution in [3.63, 3.8) is 0 Å². The molecule has 0 amide bonds. The Labute approximate surface area is 80.3 Å². The number of likely N-dealkylation sites (tertiary alicyclic amines) is 1. The second-order valence-electron chi connectivity index (χ2n) is 4.45. The molecule has 0 bridgehead atoms. The standard InChI is InChI=1S/C11H18N2/c1-9-7-11(5-4-6-11)8-13(9)10(2)12-3/h1,4-8H2,2-3H3. The van der Waals surface area contributed by atoms with E-state index in [0.29, 0.717) is 5.41 Å². The monoisotopic (exact) mass is 178 g/mol. The van der Waals surface area contributed by atoms with Gasteiger partial charge in [0, 0.05) is 19.3 Å². The topological polar surface area (TPSA) is 15.6 Å². The molecule has 1 saturated carbocycles. The molecule has 1 aliphatic carbocycles. The van der Waals surface area contributed by atoms with E-state index in [1.165, 1.54) is 31.4 Å². The Balaban J connectivity index is 2.12. The van der Waals surface area contributed by atoms with E-state index in [9.17, 15) is 0 Å². The van der Waals surface area contributed by atoms with Crippen LogP contribution in [0.1, 0.15) is 32.6 Å². The van der Waals surface area contributed by atoms with Crippen molar-refractivity contribution in [1.82, 2.24) is 4.90 Å². The zero-order chi connectivity index (χ0) is 9.47. The van der Waals surface area contributed by atoms with Crippen molar-refractivity contribution in [2.45, 2.75) is 32.6 Å². The van der Waals surface area contributed by atoms with Gasteiger partial charge < -0.3 is 4.90 Å². The van der Waals surface area contributed by atoms with Gasteiger partial charge in [0.25, 0.3) is 0 Å². The lowest BCUT2D eigenvalue weighted by molar-refractivity contribution is 0.152. The van der Waals surface area contributed by atoms with Crippen LogP contribution in [0.15, 0.2) is 17.3 Å². The summed E-state index contributed by atoms with van der Waals surface area (Å²) in [7, 11) is 1.86. The van der Waals surface area contributed by atoms with E-state index in [1.807, 2.05) is 7.05 Å². The molecule has 0 N–H and O–H groups in total. The van der Waals surface area contributed by atoms with Gasteiger partial charge in [-0.2, -0.15) is 0 Å². The summed E-state index contributed by atoms with van der Waals surface area (Å²) in [6.07, 6.45) is 5.38. The summed E-state index contributed by atoms with van der Waals surface area (Å²) in [4.78, 5) is 6.52. The molecule has 0 atom stereocenters. The van der Waals surface area contributed by atoms with Crippen LogP contribution in [0.25, 0.3) is 0 Å². The lowest BCUT2D eigenvalue weighted by Gasteiger charge is -2.37. The number of hydrogen-bond donors (Lipinski definition) is 0. The number of allylic oxidation sites excluding steroid dienone is 1. The van der Waals surface area contributed by atoms with Crippen molar-refractivity contribution in [3.8, 4) is 0 Å². The Morgan fingerprint density at radius 3 is 2.62 bits per heavy atom. The minimum Gasteiger partial charge on any atom is -0.334 e. The summed E-state index contributed by atoms with van der Waals surface area (Å²) in [6, 6.07) is 0. The molecule has 2 rings (SSSR count). The fraction of sp³-hybridized carbons (Fsp3) is 0.727. The van der Waals surface area contributed by atoms with Crippen LogP contribution in [0.3, 0.4) is 0 Å². The summed E-state index contributed by atoms with van der Waals surface area (Å²) in [5, 5.41) is 0. The summed E-state index contributed by atoms with van der Waals surface area (Å²) in [6.45, 7) is 7.36. The number of nitrogens with zero attached hydrogens (tertiary/aromatic N) is 2. The second-order valence-corrected chi connectivity index (χ2v) is 4.45. The molecule has 0 unspecified atom stereocenters. The zero-order valence-corrected chi connectivity index (χ0v) is 8.64. The van der Waals surface area contributed by atoms with E-state index in [0.717, 1.165) is 12.4 Å². The average molecular weight is 178 g/mol. The van der Waals surface area contributed by atoms with Gasteiger partial charge in [0.1, 0.15) is 0 Å². The molecule has 1 heterocycles. The van der Waals surface area contributed by atoms with Crippen LogP contribution in [0.5, 0.6) is 0 Å². The molecule has 2 heteroatoms. The highest BCUT2D eigenvalue weighted by atomic mass is 15.2.